The van der Waals surface area contributed by atoms with E-state index >= 15 is 0 Å². The van der Waals surface area contributed by atoms with Gasteiger partial charge in [-0.05, 0) is 12.1 Å². The minimum atomic E-state index is 0.00712. The largest absolute Gasteiger partial charge is 0.288 e. The lowest BCUT2D eigenvalue weighted by Crippen LogP contribution is -2.00. The Morgan fingerprint density at radius 2 is 1.96 bits per heavy atom. The Morgan fingerprint density at radius 3 is 2.70 bits per heavy atom. The Bertz CT molecular complexity index is 1000. The van der Waals surface area contributed by atoms with Gasteiger partial charge in [-0.25, -0.2) is 4.98 Å². The number of aryl methyl sites for hydroxylation is 1. The zero-order valence-corrected chi connectivity index (χ0v) is 13.2. The van der Waals surface area contributed by atoms with Gasteiger partial charge in [0.15, 0.2) is 5.78 Å². The van der Waals surface area contributed by atoms with E-state index in [-0.39, 0.29) is 5.78 Å². The molecule has 4 rings (SSSR count). The minimum absolute atomic E-state index is 0.00712. The molecule has 0 atom stereocenters. The molecule has 23 heavy (non-hydrogen) atoms. The molecule has 3 heterocycles. The van der Waals surface area contributed by atoms with Crippen molar-refractivity contribution in [2.45, 2.75) is 0 Å². The fraction of sp³-hybridized carbons (Fsp3) is 0.0556. The highest BCUT2D eigenvalue weighted by molar-refractivity contribution is 7.17. The van der Waals surface area contributed by atoms with Crippen molar-refractivity contribution in [1.82, 2.24) is 14.8 Å². The quantitative estimate of drug-likeness (QED) is 0.538. The van der Waals surface area contributed by atoms with Gasteiger partial charge in [0.25, 0.3) is 0 Å². The summed E-state index contributed by atoms with van der Waals surface area (Å²) in [5.41, 5.74) is 3.86. The molecule has 0 aliphatic heterocycles. The highest BCUT2D eigenvalue weighted by Crippen LogP contribution is 2.29. The Kier molecular flexibility index (Phi) is 3.28. The lowest BCUT2D eigenvalue weighted by atomic mass is 10.0. The van der Waals surface area contributed by atoms with Crippen molar-refractivity contribution in [3.05, 3.63) is 71.4 Å². The molecule has 0 spiro atoms. The molecule has 1 aromatic carbocycles. The van der Waals surface area contributed by atoms with Crippen LogP contribution in [0.25, 0.3) is 21.5 Å². The van der Waals surface area contributed by atoms with E-state index in [1.165, 1.54) is 0 Å². The monoisotopic (exact) mass is 319 g/mol. The molecule has 5 heteroatoms. The third-order valence-electron chi connectivity index (χ3n) is 3.70. The number of rotatable bonds is 3. The van der Waals surface area contributed by atoms with Crippen LogP contribution in [0.5, 0.6) is 0 Å². The lowest BCUT2D eigenvalue weighted by molar-refractivity contribution is 0.104. The van der Waals surface area contributed by atoms with Gasteiger partial charge in [0.1, 0.15) is 0 Å². The van der Waals surface area contributed by atoms with E-state index in [1.54, 1.807) is 22.2 Å². The first kappa shape index (κ1) is 13.8. The zero-order valence-electron chi connectivity index (χ0n) is 12.4. The molecule has 0 saturated carbocycles. The Labute approximate surface area is 137 Å². The maximum absolute atomic E-state index is 12.7. The van der Waals surface area contributed by atoms with E-state index in [1.807, 2.05) is 61.1 Å². The standard InChI is InChI=1S/C18H13N3OS/c1-21-10-13(9-19-21)15-7-8-16-17(20-15)14(11-23-16)18(22)12-5-3-2-4-6-12/h2-11H,1H3. The number of benzene rings is 1. The summed E-state index contributed by atoms with van der Waals surface area (Å²) in [4.78, 5) is 17.4. The maximum Gasteiger partial charge on any atom is 0.196 e. The summed E-state index contributed by atoms with van der Waals surface area (Å²) < 4.78 is 2.75. The summed E-state index contributed by atoms with van der Waals surface area (Å²) in [6.45, 7) is 0. The second-order valence-electron chi connectivity index (χ2n) is 5.29. The maximum atomic E-state index is 12.7. The molecule has 0 saturated heterocycles. The number of fused-ring (bicyclic) bond motifs is 1. The normalized spacial score (nSPS) is 11.0. The zero-order chi connectivity index (χ0) is 15.8. The van der Waals surface area contributed by atoms with Crippen LogP contribution in [0.2, 0.25) is 0 Å². The molecule has 0 aliphatic carbocycles. The van der Waals surface area contributed by atoms with Crippen LogP contribution in [0.1, 0.15) is 15.9 Å². The smallest absolute Gasteiger partial charge is 0.196 e. The molecule has 0 amide bonds. The van der Waals surface area contributed by atoms with Crippen LogP contribution >= 0.6 is 11.3 Å². The predicted molar refractivity (Wildman–Crippen MR) is 91.7 cm³/mol. The third-order valence-corrected chi connectivity index (χ3v) is 4.64. The molecule has 0 fully saturated rings. The summed E-state index contributed by atoms with van der Waals surface area (Å²) >= 11 is 1.54. The second-order valence-corrected chi connectivity index (χ2v) is 6.20. The topological polar surface area (TPSA) is 47.8 Å². The summed E-state index contributed by atoms with van der Waals surface area (Å²) in [5.74, 6) is 0.00712. The van der Waals surface area contributed by atoms with E-state index in [0.29, 0.717) is 11.1 Å². The van der Waals surface area contributed by atoms with Crippen LogP contribution < -0.4 is 0 Å². The number of nitrogens with zero attached hydrogens (tertiary/aromatic N) is 3. The number of hydrogen-bond donors (Lipinski definition) is 0. The van der Waals surface area contributed by atoms with Crippen molar-refractivity contribution in [3.63, 3.8) is 0 Å². The van der Waals surface area contributed by atoms with E-state index < -0.39 is 0 Å². The predicted octanol–water partition coefficient (Wildman–Crippen LogP) is 3.93. The Balaban J connectivity index is 1.83. The highest BCUT2D eigenvalue weighted by Gasteiger charge is 2.16. The van der Waals surface area contributed by atoms with E-state index in [9.17, 15) is 4.79 Å². The number of hydrogen-bond acceptors (Lipinski definition) is 4. The second kappa shape index (κ2) is 5.44. The fourth-order valence-corrected chi connectivity index (χ4v) is 3.41. The average Bonchev–Trinajstić information content (AvgIpc) is 3.20. The van der Waals surface area contributed by atoms with Crippen LogP contribution in [-0.4, -0.2) is 20.5 Å². The molecular weight excluding hydrogens is 306 g/mol. The summed E-state index contributed by atoms with van der Waals surface area (Å²) in [6, 6.07) is 13.3. The van der Waals surface area contributed by atoms with Gasteiger partial charge in [-0.1, -0.05) is 30.3 Å². The van der Waals surface area contributed by atoms with Gasteiger partial charge in [0, 0.05) is 29.8 Å². The van der Waals surface area contributed by atoms with Gasteiger partial charge in [-0.15, -0.1) is 11.3 Å². The molecule has 0 bridgehead atoms. The first-order valence-corrected chi connectivity index (χ1v) is 8.07. The fourth-order valence-electron chi connectivity index (χ4n) is 2.53. The molecule has 4 aromatic rings. The summed E-state index contributed by atoms with van der Waals surface area (Å²) in [6.07, 6.45) is 3.69. The number of carbonyl (C=O) groups is 1. The van der Waals surface area contributed by atoms with Gasteiger partial charge in [0.05, 0.1) is 27.7 Å². The van der Waals surface area contributed by atoms with Crippen molar-refractivity contribution in [3.8, 4) is 11.3 Å². The Morgan fingerprint density at radius 1 is 1.13 bits per heavy atom. The highest BCUT2D eigenvalue weighted by atomic mass is 32.1. The van der Waals surface area contributed by atoms with Crippen molar-refractivity contribution >= 4 is 27.3 Å². The number of thiophene rings is 1. The van der Waals surface area contributed by atoms with Gasteiger partial charge < -0.3 is 0 Å². The van der Waals surface area contributed by atoms with Gasteiger partial charge >= 0.3 is 0 Å². The van der Waals surface area contributed by atoms with Crippen LogP contribution in [0.15, 0.2) is 60.2 Å². The van der Waals surface area contributed by atoms with Gasteiger partial charge in [0.2, 0.25) is 0 Å². The van der Waals surface area contributed by atoms with E-state index in [4.69, 9.17) is 4.98 Å². The SMILES string of the molecule is Cn1cc(-c2ccc3scc(C(=O)c4ccccc4)c3n2)cn1. The van der Waals surface area contributed by atoms with Crippen molar-refractivity contribution < 1.29 is 4.79 Å². The molecule has 112 valence electrons. The first-order chi connectivity index (χ1) is 11.2. The van der Waals surface area contributed by atoms with Crippen LogP contribution in [-0.2, 0) is 7.05 Å². The van der Waals surface area contributed by atoms with Crippen molar-refractivity contribution in [2.75, 3.05) is 0 Å². The molecular formula is C18H13N3OS. The molecule has 0 aliphatic rings. The van der Waals surface area contributed by atoms with Crippen molar-refractivity contribution in [2.24, 2.45) is 7.05 Å². The van der Waals surface area contributed by atoms with Gasteiger partial charge in [-0.3, -0.25) is 9.48 Å². The van der Waals surface area contributed by atoms with Crippen LogP contribution in [0.4, 0.5) is 0 Å². The van der Waals surface area contributed by atoms with Crippen LogP contribution in [0.3, 0.4) is 0 Å². The average molecular weight is 319 g/mol. The summed E-state index contributed by atoms with van der Waals surface area (Å²) in [7, 11) is 1.87. The molecule has 3 aromatic heterocycles. The Hall–Kier alpha value is -2.79. The number of ketones is 1. The minimum Gasteiger partial charge on any atom is -0.288 e. The summed E-state index contributed by atoms with van der Waals surface area (Å²) in [5, 5.41) is 6.07. The van der Waals surface area contributed by atoms with E-state index in [0.717, 1.165) is 21.5 Å². The first-order valence-electron chi connectivity index (χ1n) is 7.19. The van der Waals surface area contributed by atoms with Crippen molar-refractivity contribution in [1.29, 1.82) is 0 Å². The number of pyridine rings is 1. The van der Waals surface area contributed by atoms with Gasteiger partial charge in [-0.2, -0.15) is 5.10 Å². The third kappa shape index (κ3) is 2.45. The van der Waals surface area contributed by atoms with Crippen LogP contribution in [0, 0.1) is 0 Å². The molecule has 0 radical (unpaired) electrons. The molecule has 4 nitrogen and oxygen atoms in total. The number of carbonyl (C=O) groups excluding carboxylic acids is 1. The molecule has 0 unspecified atom stereocenters. The molecule has 0 N–H and O–H groups in total. The number of aromatic nitrogens is 3. The van der Waals surface area contributed by atoms with E-state index in [2.05, 4.69) is 5.10 Å². The lowest BCUT2D eigenvalue weighted by Gasteiger charge is -2.01.